The number of sulfone groups is 1. The van der Waals surface area contributed by atoms with Gasteiger partial charge in [0.05, 0.1) is 23.4 Å². The van der Waals surface area contributed by atoms with Crippen LogP contribution < -0.4 is 19.7 Å². The Morgan fingerprint density at radius 1 is 1.18 bits per heavy atom. The number of nitrogens with zero attached hydrogens (tertiary/aromatic N) is 4. The van der Waals surface area contributed by atoms with Crippen LogP contribution in [0.2, 0.25) is 0 Å². The molecule has 2 aromatic carbocycles. The number of hydrogen-bond acceptors (Lipinski definition) is 8. The van der Waals surface area contributed by atoms with E-state index in [1.165, 1.54) is 29.4 Å². The van der Waals surface area contributed by atoms with Crippen molar-refractivity contribution < 1.29 is 31.9 Å². The Kier molecular flexibility index (Phi) is 8.03. The van der Waals surface area contributed by atoms with Crippen molar-refractivity contribution in [1.29, 1.82) is 0 Å². The van der Waals surface area contributed by atoms with E-state index < -0.39 is 21.9 Å². The largest absolute Gasteiger partial charge is 0.492 e. The average Bonchev–Trinajstić information content (AvgIpc) is 3.36. The summed E-state index contributed by atoms with van der Waals surface area (Å²) in [5, 5.41) is 6.76. The van der Waals surface area contributed by atoms with Crippen LogP contribution in [0.1, 0.15) is 11.1 Å². The fraction of sp³-hybridized carbons (Fsp3) is 0.370. The van der Waals surface area contributed by atoms with Gasteiger partial charge >= 0.3 is 6.03 Å². The van der Waals surface area contributed by atoms with E-state index in [9.17, 15) is 22.4 Å². The van der Waals surface area contributed by atoms with Gasteiger partial charge in [-0.3, -0.25) is 9.69 Å². The second kappa shape index (κ2) is 11.6. The lowest BCUT2D eigenvalue weighted by molar-refractivity contribution is -0.120. The molecule has 3 heterocycles. The van der Waals surface area contributed by atoms with Crippen LogP contribution >= 0.6 is 0 Å². The summed E-state index contributed by atoms with van der Waals surface area (Å²) < 4.78 is 49.5. The van der Waals surface area contributed by atoms with Gasteiger partial charge in [0.1, 0.15) is 36.6 Å². The summed E-state index contributed by atoms with van der Waals surface area (Å²) in [7, 11) is -1.34. The molecule has 1 saturated heterocycles. The van der Waals surface area contributed by atoms with Gasteiger partial charge in [-0.25, -0.2) is 17.6 Å². The van der Waals surface area contributed by atoms with Gasteiger partial charge < -0.3 is 19.7 Å². The third kappa shape index (κ3) is 6.59. The van der Waals surface area contributed by atoms with Gasteiger partial charge in [-0.05, 0) is 35.4 Å². The average molecular weight is 572 g/mol. The van der Waals surface area contributed by atoms with Crippen LogP contribution in [-0.4, -0.2) is 92.5 Å². The maximum Gasteiger partial charge on any atom is 0.342 e. The molecule has 11 nitrogen and oxygen atoms in total. The van der Waals surface area contributed by atoms with Crippen molar-refractivity contribution in [3.8, 4) is 11.5 Å². The highest BCUT2D eigenvalue weighted by Gasteiger charge is 2.31. The summed E-state index contributed by atoms with van der Waals surface area (Å²) in [5.74, 6) is 0.615. The molecule has 0 unspecified atom stereocenters. The van der Waals surface area contributed by atoms with Crippen molar-refractivity contribution in [3.05, 3.63) is 71.8 Å². The number of hydrogen-bond donors (Lipinski definition) is 1. The first-order valence-corrected chi connectivity index (χ1v) is 14.7. The molecule has 1 aromatic heterocycles. The summed E-state index contributed by atoms with van der Waals surface area (Å²) in [5.41, 5.74) is 1.96. The lowest BCUT2D eigenvalue weighted by Crippen LogP contribution is -2.50. The van der Waals surface area contributed by atoms with Crippen LogP contribution in [-0.2, 0) is 21.1 Å². The van der Waals surface area contributed by atoms with Gasteiger partial charge in [0, 0.05) is 45.4 Å². The predicted octanol–water partition coefficient (Wildman–Crippen LogP) is 1.70. The second-order valence-corrected chi connectivity index (χ2v) is 12.1. The first kappa shape index (κ1) is 27.6. The van der Waals surface area contributed by atoms with E-state index in [0.717, 1.165) is 10.2 Å². The fourth-order valence-electron chi connectivity index (χ4n) is 4.60. The fourth-order valence-corrected chi connectivity index (χ4v) is 5.87. The highest BCUT2D eigenvalue weighted by atomic mass is 32.2. The van der Waals surface area contributed by atoms with E-state index in [1.54, 1.807) is 37.4 Å². The molecule has 5 rings (SSSR count). The standard InChI is InChI=1S/C27H30FN5O6S/c1-31-24-15-22(38-10-7-32-8-11-40(36,37)12-9-32)5-6-25(24)39-18-23(26(31)34)30-27(35)33-17-20(16-29-33)13-19-3-2-4-21(28)14-19/h2-6,14-17,23H,7-13,18H2,1H3,(H,30,35)/t23-/m0/s1. The number of carbonyl (C=O) groups excluding carboxylic acids is 2. The monoisotopic (exact) mass is 571 g/mol. The Morgan fingerprint density at radius 2 is 1.98 bits per heavy atom. The van der Waals surface area contributed by atoms with E-state index in [4.69, 9.17) is 9.47 Å². The van der Waals surface area contributed by atoms with Crippen molar-refractivity contribution >= 4 is 27.5 Å². The summed E-state index contributed by atoms with van der Waals surface area (Å²) in [4.78, 5) is 29.5. The van der Waals surface area contributed by atoms with Crippen molar-refractivity contribution in [1.82, 2.24) is 20.0 Å². The Hall–Kier alpha value is -3.97. The summed E-state index contributed by atoms with van der Waals surface area (Å²) in [6.45, 7) is 1.85. The molecule has 40 heavy (non-hydrogen) atoms. The first-order valence-electron chi connectivity index (χ1n) is 12.9. The number of anilines is 1. The number of aromatic nitrogens is 2. The summed E-state index contributed by atoms with van der Waals surface area (Å²) in [6, 6.07) is 9.78. The predicted molar refractivity (Wildman–Crippen MR) is 145 cm³/mol. The van der Waals surface area contributed by atoms with Crippen LogP contribution in [0.5, 0.6) is 11.5 Å². The molecule has 2 aliphatic heterocycles. The van der Waals surface area contributed by atoms with Gasteiger partial charge in [-0.15, -0.1) is 0 Å². The molecule has 1 atom stereocenters. The molecule has 2 amide bonds. The van der Waals surface area contributed by atoms with Crippen LogP contribution in [0.15, 0.2) is 54.9 Å². The number of amides is 2. The van der Waals surface area contributed by atoms with Crippen molar-refractivity contribution in [2.24, 2.45) is 0 Å². The van der Waals surface area contributed by atoms with Crippen molar-refractivity contribution in [2.75, 3.05) is 56.3 Å². The van der Waals surface area contributed by atoms with E-state index >= 15 is 0 Å². The Labute approximate surface area is 231 Å². The summed E-state index contributed by atoms with van der Waals surface area (Å²) in [6.07, 6.45) is 3.46. The normalized spacial score (nSPS) is 18.9. The number of benzene rings is 2. The van der Waals surface area contributed by atoms with E-state index in [2.05, 4.69) is 10.4 Å². The number of likely N-dealkylation sites (N-methyl/N-ethyl adjacent to an activating group) is 1. The number of carbonyl (C=O) groups is 2. The molecule has 1 N–H and O–H groups in total. The van der Waals surface area contributed by atoms with Gasteiger partial charge in [0.2, 0.25) is 0 Å². The smallest absolute Gasteiger partial charge is 0.342 e. The van der Waals surface area contributed by atoms with Crippen molar-refractivity contribution in [2.45, 2.75) is 12.5 Å². The zero-order valence-corrected chi connectivity index (χ0v) is 22.8. The maximum absolute atomic E-state index is 13.5. The SMILES string of the molecule is CN1C(=O)[C@@H](NC(=O)n2cc(Cc3cccc(F)c3)cn2)COc2ccc(OCCN3CCS(=O)(=O)CC3)cc21. The topological polar surface area (TPSA) is 123 Å². The van der Waals surface area contributed by atoms with Crippen molar-refractivity contribution in [3.63, 3.8) is 0 Å². The molecule has 212 valence electrons. The van der Waals surface area contributed by atoms with Crippen LogP contribution in [0.4, 0.5) is 14.9 Å². The molecular formula is C27H30FN5O6S. The molecule has 1 fully saturated rings. The van der Waals surface area contributed by atoms with Crippen LogP contribution in [0, 0.1) is 5.82 Å². The third-order valence-corrected chi connectivity index (χ3v) is 8.49. The van der Waals surface area contributed by atoms with Gasteiger partial charge in [0.25, 0.3) is 5.91 Å². The number of halogens is 1. The zero-order chi connectivity index (χ0) is 28.3. The molecule has 0 saturated carbocycles. The lowest BCUT2D eigenvalue weighted by Gasteiger charge is -2.26. The molecule has 13 heteroatoms. The molecular weight excluding hydrogens is 541 g/mol. The molecule has 0 radical (unpaired) electrons. The van der Waals surface area contributed by atoms with E-state index in [-0.39, 0.29) is 29.8 Å². The third-order valence-electron chi connectivity index (χ3n) is 6.88. The Bertz CT molecular complexity index is 1500. The van der Waals surface area contributed by atoms with Gasteiger partial charge in [-0.1, -0.05) is 12.1 Å². The Morgan fingerprint density at radius 3 is 2.75 bits per heavy atom. The minimum Gasteiger partial charge on any atom is -0.492 e. The van der Waals surface area contributed by atoms with E-state index in [1.807, 2.05) is 4.90 Å². The van der Waals surface area contributed by atoms with Gasteiger partial charge in [0.15, 0.2) is 9.84 Å². The minimum atomic E-state index is -2.93. The van der Waals surface area contributed by atoms with Crippen LogP contribution in [0.3, 0.4) is 0 Å². The number of nitrogens with one attached hydrogen (secondary N) is 1. The molecule has 2 aliphatic rings. The van der Waals surface area contributed by atoms with E-state index in [0.29, 0.717) is 55.4 Å². The van der Waals surface area contributed by atoms with Crippen LogP contribution in [0.25, 0.3) is 0 Å². The quantitative estimate of drug-likeness (QED) is 0.455. The zero-order valence-electron chi connectivity index (χ0n) is 22.0. The second-order valence-electron chi connectivity index (χ2n) is 9.78. The number of rotatable bonds is 7. The molecule has 3 aromatic rings. The summed E-state index contributed by atoms with van der Waals surface area (Å²) >= 11 is 0. The number of ether oxygens (including phenoxy) is 2. The highest BCUT2D eigenvalue weighted by molar-refractivity contribution is 7.91. The van der Waals surface area contributed by atoms with Gasteiger partial charge in [-0.2, -0.15) is 9.78 Å². The minimum absolute atomic E-state index is 0.0720. The molecule has 0 aliphatic carbocycles. The molecule has 0 spiro atoms. The maximum atomic E-state index is 13.5. The molecule has 0 bridgehead atoms. The number of fused-ring (bicyclic) bond motifs is 1. The highest BCUT2D eigenvalue weighted by Crippen LogP contribution is 2.34. The Balaban J connectivity index is 1.17. The lowest BCUT2D eigenvalue weighted by atomic mass is 10.1. The first-order chi connectivity index (χ1) is 19.2.